The van der Waals surface area contributed by atoms with Crippen molar-refractivity contribution in [1.82, 2.24) is 24.5 Å². The normalized spacial score (nSPS) is 18.6. The molecule has 0 saturated carbocycles. The highest BCUT2D eigenvalue weighted by atomic mass is 35.5. The fourth-order valence-electron chi connectivity index (χ4n) is 2.29. The van der Waals surface area contributed by atoms with Gasteiger partial charge >= 0.3 is 0 Å². The summed E-state index contributed by atoms with van der Waals surface area (Å²) in [5, 5.41) is 3.33. The van der Waals surface area contributed by atoms with Crippen LogP contribution >= 0.6 is 11.6 Å². The lowest BCUT2D eigenvalue weighted by molar-refractivity contribution is 0.0134. The predicted molar refractivity (Wildman–Crippen MR) is 78.7 cm³/mol. The summed E-state index contributed by atoms with van der Waals surface area (Å²) < 4.78 is 7.37. The molecular formula is C13H17ClN6O. The number of halogens is 1. The number of anilines is 1. The van der Waals surface area contributed by atoms with Crippen LogP contribution in [-0.2, 0) is 4.74 Å². The van der Waals surface area contributed by atoms with Crippen molar-refractivity contribution in [3.8, 4) is 5.95 Å². The Bertz CT molecular complexity index is 570. The van der Waals surface area contributed by atoms with Crippen LogP contribution in [0.1, 0.15) is 25.7 Å². The first-order valence-corrected chi connectivity index (χ1v) is 7.44. The molecule has 7 nitrogen and oxygen atoms in total. The molecule has 1 N–H and O–H groups in total. The van der Waals surface area contributed by atoms with Crippen LogP contribution < -0.4 is 5.32 Å². The van der Waals surface area contributed by atoms with Gasteiger partial charge < -0.3 is 10.1 Å². The lowest BCUT2D eigenvalue weighted by Gasteiger charge is -2.22. The molecule has 0 aromatic carbocycles. The van der Waals surface area contributed by atoms with Crippen molar-refractivity contribution in [2.24, 2.45) is 0 Å². The molecule has 3 heterocycles. The largest absolute Gasteiger partial charge is 0.378 e. The number of nitrogens with zero attached hydrogens (tertiary/aromatic N) is 5. The molecule has 112 valence electrons. The van der Waals surface area contributed by atoms with E-state index < -0.39 is 0 Å². The molecule has 1 fully saturated rings. The molecule has 1 aliphatic rings. The molecule has 0 spiro atoms. The van der Waals surface area contributed by atoms with Crippen molar-refractivity contribution in [2.45, 2.75) is 31.8 Å². The van der Waals surface area contributed by atoms with Crippen LogP contribution in [0.25, 0.3) is 5.95 Å². The highest BCUT2D eigenvalue weighted by molar-refractivity contribution is 6.28. The molecule has 0 aliphatic carbocycles. The zero-order valence-electron chi connectivity index (χ0n) is 11.6. The van der Waals surface area contributed by atoms with Gasteiger partial charge in [0.25, 0.3) is 0 Å². The summed E-state index contributed by atoms with van der Waals surface area (Å²) >= 11 is 5.93. The van der Waals surface area contributed by atoms with Crippen molar-refractivity contribution in [3.63, 3.8) is 0 Å². The monoisotopic (exact) mass is 308 g/mol. The van der Waals surface area contributed by atoms with Crippen LogP contribution in [0.2, 0.25) is 5.28 Å². The molecule has 1 saturated heterocycles. The quantitative estimate of drug-likeness (QED) is 0.911. The Hall–Kier alpha value is -1.73. The standard InChI is InChI=1S/C13H17ClN6O/c14-11-17-12(16-5-4-10-3-1-2-8-21-10)19-13(18-11)20-7-6-15-9-20/h6-7,9-10H,1-5,8H2,(H,16,17,18,19). The summed E-state index contributed by atoms with van der Waals surface area (Å²) in [6.45, 7) is 1.61. The number of hydrogen-bond donors (Lipinski definition) is 1. The number of aromatic nitrogens is 5. The zero-order valence-corrected chi connectivity index (χ0v) is 12.3. The minimum Gasteiger partial charge on any atom is -0.378 e. The van der Waals surface area contributed by atoms with E-state index in [1.807, 2.05) is 0 Å². The Labute approximate surface area is 127 Å². The number of imidazole rings is 1. The summed E-state index contributed by atoms with van der Waals surface area (Å²) in [5.41, 5.74) is 0. The molecule has 1 aliphatic heterocycles. The Kier molecular flexibility index (Phi) is 4.62. The maximum Gasteiger partial charge on any atom is 0.241 e. The topological polar surface area (TPSA) is 77.8 Å². The molecule has 2 aromatic rings. The summed E-state index contributed by atoms with van der Waals surface area (Å²) in [6.07, 6.45) is 9.83. The van der Waals surface area contributed by atoms with Crippen LogP contribution in [0.5, 0.6) is 0 Å². The van der Waals surface area contributed by atoms with E-state index in [9.17, 15) is 0 Å². The average molecular weight is 309 g/mol. The predicted octanol–water partition coefficient (Wildman–Crippen LogP) is 2.08. The lowest BCUT2D eigenvalue weighted by atomic mass is 10.1. The molecule has 21 heavy (non-hydrogen) atoms. The first-order chi connectivity index (χ1) is 10.3. The lowest BCUT2D eigenvalue weighted by Crippen LogP contribution is -2.22. The van der Waals surface area contributed by atoms with Crippen molar-refractivity contribution in [1.29, 1.82) is 0 Å². The first-order valence-electron chi connectivity index (χ1n) is 7.06. The SMILES string of the molecule is Clc1nc(NCCC2CCCCO2)nc(-n2ccnc2)n1. The van der Waals surface area contributed by atoms with Gasteiger partial charge in [0.05, 0.1) is 6.10 Å². The third kappa shape index (κ3) is 3.89. The van der Waals surface area contributed by atoms with E-state index in [1.54, 1.807) is 23.3 Å². The van der Waals surface area contributed by atoms with E-state index in [0.29, 0.717) is 18.0 Å². The van der Waals surface area contributed by atoms with E-state index in [2.05, 4.69) is 25.3 Å². The second-order valence-electron chi connectivity index (χ2n) is 4.90. The van der Waals surface area contributed by atoms with Crippen LogP contribution in [0.3, 0.4) is 0 Å². The van der Waals surface area contributed by atoms with Gasteiger partial charge in [-0.25, -0.2) is 4.98 Å². The molecule has 0 amide bonds. The highest BCUT2D eigenvalue weighted by Crippen LogP contribution is 2.16. The van der Waals surface area contributed by atoms with Gasteiger partial charge in [-0.1, -0.05) is 0 Å². The average Bonchev–Trinajstić information content (AvgIpc) is 3.02. The zero-order chi connectivity index (χ0) is 14.5. The maximum atomic E-state index is 5.93. The Morgan fingerprint density at radius 3 is 3.05 bits per heavy atom. The number of rotatable bonds is 5. The number of ether oxygens (including phenoxy) is 1. The Morgan fingerprint density at radius 1 is 1.33 bits per heavy atom. The minimum absolute atomic E-state index is 0.158. The van der Waals surface area contributed by atoms with Crippen molar-refractivity contribution in [2.75, 3.05) is 18.5 Å². The summed E-state index contributed by atoms with van der Waals surface area (Å²) in [7, 11) is 0. The van der Waals surface area contributed by atoms with Crippen LogP contribution in [0.4, 0.5) is 5.95 Å². The van der Waals surface area contributed by atoms with E-state index in [1.165, 1.54) is 12.8 Å². The van der Waals surface area contributed by atoms with Gasteiger partial charge in [-0.3, -0.25) is 4.57 Å². The molecule has 0 radical (unpaired) electrons. The van der Waals surface area contributed by atoms with Gasteiger partial charge in [0.2, 0.25) is 17.2 Å². The Morgan fingerprint density at radius 2 is 2.29 bits per heavy atom. The van der Waals surface area contributed by atoms with E-state index in [0.717, 1.165) is 26.0 Å². The van der Waals surface area contributed by atoms with E-state index in [-0.39, 0.29) is 5.28 Å². The van der Waals surface area contributed by atoms with Crippen molar-refractivity contribution < 1.29 is 4.74 Å². The molecule has 1 unspecified atom stereocenters. The van der Waals surface area contributed by atoms with Gasteiger partial charge in [-0.05, 0) is 37.3 Å². The molecule has 2 aromatic heterocycles. The van der Waals surface area contributed by atoms with Crippen molar-refractivity contribution in [3.05, 3.63) is 24.0 Å². The molecule has 1 atom stereocenters. The van der Waals surface area contributed by atoms with Gasteiger partial charge in [0.1, 0.15) is 6.33 Å². The van der Waals surface area contributed by atoms with Crippen molar-refractivity contribution >= 4 is 17.5 Å². The first kappa shape index (κ1) is 14.2. The number of nitrogens with one attached hydrogen (secondary N) is 1. The number of hydrogen-bond acceptors (Lipinski definition) is 6. The van der Waals surface area contributed by atoms with Crippen LogP contribution in [0.15, 0.2) is 18.7 Å². The van der Waals surface area contributed by atoms with Gasteiger partial charge in [-0.2, -0.15) is 15.0 Å². The highest BCUT2D eigenvalue weighted by Gasteiger charge is 2.13. The third-order valence-electron chi connectivity index (χ3n) is 3.36. The van der Waals surface area contributed by atoms with Gasteiger partial charge in [0.15, 0.2) is 0 Å². The van der Waals surface area contributed by atoms with Crippen LogP contribution in [0, 0.1) is 0 Å². The Balaban J connectivity index is 1.60. The summed E-state index contributed by atoms with van der Waals surface area (Å²) in [6, 6.07) is 0. The van der Waals surface area contributed by atoms with Crippen LogP contribution in [-0.4, -0.2) is 43.8 Å². The summed E-state index contributed by atoms with van der Waals surface area (Å²) in [5.74, 6) is 0.915. The van der Waals surface area contributed by atoms with E-state index in [4.69, 9.17) is 16.3 Å². The molecule has 0 bridgehead atoms. The third-order valence-corrected chi connectivity index (χ3v) is 3.52. The molecular weight excluding hydrogens is 292 g/mol. The fourth-order valence-corrected chi connectivity index (χ4v) is 2.45. The van der Waals surface area contributed by atoms with Gasteiger partial charge in [0, 0.05) is 25.5 Å². The van der Waals surface area contributed by atoms with E-state index >= 15 is 0 Å². The minimum atomic E-state index is 0.158. The second-order valence-corrected chi connectivity index (χ2v) is 5.24. The molecule has 3 rings (SSSR count). The smallest absolute Gasteiger partial charge is 0.241 e. The van der Waals surface area contributed by atoms with Gasteiger partial charge in [-0.15, -0.1) is 0 Å². The summed E-state index contributed by atoms with van der Waals surface area (Å²) in [4.78, 5) is 16.4. The maximum absolute atomic E-state index is 5.93. The molecule has 8 heteroatoms. The fraction of sp³-hybridized carbons (Fsp3) is 0.538. The second kappa shape index (κ2) is 6.82.